The summed E-state index contributed by atoms with van der Waals surface area (Å²) in [4.78, 5) is 11.5. The predicted octanol–water partition coefficient (Wildman–Crippen LogP) is 2.61. The molecule has 1 aliphatic heterocycles. The highest BCUT2D eigenvalue weighted by Gasteiger charge is 2.44. The number of hydrogen-bond donors (Lipinski definition) is 1. The van der Waals surface area contributed by atoms with E-state index in [1.807, 2.05) is 0 Å². The van der Waals surface area contributed by atoms with E-state index < -0.39 is 17.8 Å². The van der Waals surface area contributed by atoms with Gasteiger partial charge in [-0.05, 0) is 29.8 Å². The molecule has 0 saturated heterocycles. The van der Waals surface area contributed by atoms with E-state index in [-0.39, 0.29) is 28.0 Å². The van der Waals surface area contributed by atoms with E-state index in [0.717, 1.165) is 11.1 Å². The van der Waals surface area contributed by atoms with Gasteiger partial charge >= 0.3 is 5.97 Å². The summed E-state index contributed by atoms with van der Waals surface area (Å²) in [6, 6.07) is 5.48. The molecular formula is C16H14F3N3O2. The second kappa shape index (κ2) is 5.41. The van der Waals surface area contributed by atoms with Crippen molar-refractivity contribution in [3.05, 3.63) is 64.8 Å². The summed E-state index contributed by atoms with van der Waals surface area (Å²) in [5.74, 6) is 0.837. The van der Waals surface area contributed by atoms with Crippen molar-refractivity contribution in [3.8, 4) is 0 Å². The number of carbonyl (C=O) groups is 1. The van der Waals surface area contributed by atoms with Gasteiger partial charge < -0.3 is 4.74 Å². The Morgan fingerprint density at radius 3 is 2.46 bits per heavy atom. The van der Waals surface area contributed by atoms with E-state index in [1.165, 1.54) is 38.4 Å². The number of nitrogens with zero attached hydrogens (tertiary/aromatic N) is 2. The number of rotatable bonds is 2. The van der Waals surface area contributed by atoms with Crippen LogP contribution in [0.5, 0.6) is 0 Å². The normalized spacial score (nSPS) is 19.1. The fourth-order valence-electron chi connectivity index (χ4n) is 2.73. The highest BCUT2D eigenvalue weighted by atomic mass is 19.3. The Hall–Kier alpha value is -2.74. The lowest BCUT2D eigenvalue weighted by molar-refractivity contribution is 0.0600. The summed E-state index contributed by atoms with van der Waals surface area (Å²) >= 11 is 0. The SMILES string of the molecule is COC(=O)c1ccc(C2=C3C(=C(F)N(N)N3C)C=CC2(F)F)cc1. The summed E-state index contributed by atoms with van der Waals surface area (Å²) in [6.45, 7) is 0. The molecule has 126 valence electrons. The average Bonchev–Trinajstić information content (AvgIpc) is 2.78. The lowest BCUT2D eigenvalue weighted by Gasteiger charge is -2.29. The smallest absolute Gasteiger partial charge is 0.337 e. The molecule has 0 saturated carbocycles. The van der Waals surface area contributed by atoms with Gasteiger partial charge in [0.2, 0.25) is 5.95 Å². The number of methoxy groups -OCH3 is 1. The van der Waals surface area contributed by atoms with Crippen molar-refractivity contribution in [1.29, 1.82) is 0 Å². The molecule has 0 aromatic heterocycles. The number of benzene rings is 1. The van der Waals surface area contributed by atoms with E-state index in [4.69, 9.17) is 5.84 Å². The van der Waals surface area contributed by atoms with E-state index in [2.05, 4.69) is 4.74 Å². The number of likely N-dealkylation sites (N-methyl/N-ethyl adjacent to an activating group) is 1. The number of hydrogen-bond acceptors (Lipinski definition) is 5. The molecule has 24 heavy (non-hydrogen) atoms. The molecule has 8 heteroatoms. The molecule has 0 bridgehead atoms. The average molecular weight is 337 g/mol. The highest BCUT2D eigenvalue weighted by molar-refractivity contribution is 5.90. The maximum Gasteiger partial charge on any atom is 0.337 e. The molecule has 0 atom stereocenters. The topological polar surface area (TPSA) is 58.8 Å². The summed E-state index contributed by atoms with van der Waals surface area (Å²) in [7, 11) is 2.62. The van der Waals surface area contributed by atoms with Crippen LogP contribution in [-0.4, -0.2) is 36.2 Å². The standard InChI is InChI=1S/C16H14F3N3O2/c1-21-13-11(14(17)22(21)20)7-8-16(18,19)12(13)9-3-5-10(6-4-9)15(23)24-2/h3-8H,20H2,1-2H3. The highest BCUT2D eigenvalue weighted by Crippen LogP contribution is 2.47. The number of fused-ring (bicyclic) bond motifs is 1. The first kappa shape index (κ1) is 16.1. The van der Waals surface area contributed by atoms with Gasteiger partial charge in [0, 0.05) is 7.05 Å². The Morgan fingerprint density at radius 2 is 1.88 bits per heavy atom. The van der Waals surface area contributed by atoms with Crippen LogP contribution in [-0.2, 0) is 4.74 Å². The Bertz CT molecular complexity index is 797. The van der Waals surface area contributed by atoms with Gasteiger partial charge in [0.15, 0.2) is 0 Å². The molecule has 0 radical (unpaired) electrons. The van der Waals surface area contributed by atoms with Crippen LogP contribution in [0.2, 0.25) is 0 Å². The molecule has 2 N–H and O–H groups in total. The zero-order valence-electron chi connectivity index (χ0n) is 12.9. The molecule has 1 aromatic rings. The minimum atomic E-state index is -3.31. The number of esters is 1. The second-order valence-corrected chi connectivity index (χ2v) is 5.32. The van der Waals surface area contributed by atoms with E-state index in [0.29, 0.717) is 11.2 Å². The first-order valence-electron chi connectivity index (χ1n) is 6.97. The van der Waals surface area contributed by atoms with Crippen molar-refractivity contribution in [1.82, 2.24) is 10.1 Å². The van der Waals surface area contributed by atoms with Crippen molar-refractivity contribution >= 4 is 11.5 Å². The largest absolute Gasteiger partial charge is 0.465 e. The minimum absolute atomic E-state index is 0.0158. The van der Waals surface area contributed by atoms with Crippen molar-refractivity contribution in [2.45, 2.75) is 5.92 Å². The van der Waals surface area contributed by atoms with Crippen LogP contribution in [0, 0.1) is 0 Å². The Kier molecular flexibility index (Phi) is 3.64. The van der Waals surface area contributed by atoms with Crippen LogP contribution >= 0.6 is 0 Å². The molecule has 3 rings (SSSR count). The van der Waals surface area contributed by atoms with Gasteiger partial charge in [0.1, 0.15) is 0 Å². The van der Waals surface area contributed by atoms with Gasteiger partial charge in [-0.25, -0.2) is 10.6 Å². The third kappa shape index (κ3) is 2.26. The van der Waals surface area contributed by atoms with Gasteiger partial charge in [-0.1, -0.05) is 12.1 Å². The van der Waals surface area contributed by atoms with Crippen molar-refractivity contribution in [2.75, 3.05) is 14.2 Å². The van der Waals surface area contributed by atoms with E-state index in [9.17, 15) is 18.0 Å². The Balaban J connectivity index is 2.16. The van der Waals surface area contributed by atoms with Crippen LogP contribution in [0.3, 0.4) is 0 Å². The van der Waals surface area contributed by atoms with Gasteiger partial charge in [-0.15, -0.1) is 0 Å². The molecule has 1 heterocycles. The first-order chi connectivity index (χ1) is 11.3. The van der Waals surface area contributed by atoms with Gasteiger partial charge in [-0.3, -0.25) is 5.01 Å². The number of alkyl halides is 2. The van der Waals surface area contributed by atoms with Crippen molar-refractivity contribution in [3.63, 3.8) is 0 Å². The number of nitrogens with two attached hydrogens (primary N) is 1. The fourth-order valence-corrected chi connectivity index (χ4v) is 2.73. The lowest BCUT2D eigenvalue weighted by atomic mass is 9.89. The van der Waals surface area contributed by atoms with E-state index >= 15 is 0 Å². The minimum Gasteiger partial charge on any atom is -0.465 e. The molecule has 1 aromatic carbocycles. The monoisotopic (exact) mass is 337 g/mol. The zero-order valence-corrected chi connectivity index (χ0v) is 12.9. The first-order valence-corrected chi connectivity index (χ1v) is 6.97. The molecule has 0 unspecified atom stereocenters. The lowest BCUT2D eigenvalue weighted by Crippen LogP contribution is -2.39. The van der Waals surface area contributed by atoms with Crippen LogP contribution in [0.25, 0.3) is 5.57 Å². The fraction of sp³-hybridized carbons (Fsp3) is 0.188. The van der Waals surface area contributed by atoms with E-state index in [1.54, 1.807) is 0 Å². The Labute approximate surface area is 136 Å². The zero-order chi connectivity index (χ0) is 17.6. The van der Waals surface area contributed by atoms with Crippen LogP contribution in [0.15, 0.2) is 53.6 Å². The molecule has 5 nitrogen and oxygen atoms in total. The summed E-state index contributed by atoms with van der Waals surface area (Å²) in [5, 5.41) is 1.78. The molecule has 0 amide bonds. The number of halogens is 3. The van der Waals surface area contributed by atoms with Crippen LogP contribution in [0.1, 0.15) is 15.9 Å². The predicted molar refractivity (Wildman–Crippen MR) is 80.7 cm³/mol. The molecular weight excluding hydrogens is 323 g/mol. The van der Waals surface area contributed by atoms with Crippen LogP contribution < -0.4 is 5.84 Å². The third-order valence-electron chi connectivity index (χ3n) is 3.95. The third-order valence-corrected chi connectivity index (χ3v) is 3.95. The molecule has 0 fully saturated rings. The van der Waals surface area contributed by atoms with Gasteiger partial charge in [0.05, 0.1) is 29.5 Å². The molecule has 0 spiro atoms. The summed E-state index contributed by atoms with van der Waals surface area (Å²) < 4.78 is 47.6. The maximum absolute atomic E-state index is 14.5. The van der Waals surface area contributed by atoms with Gasteiger partial charge in [0.25, 0.3) is 5.92 Å². The summed E-state index contributed by atoms with van der Waals surface area (Å²) in [6.07, 6.45) is 1.64. The number of carbonyl (C=O) groups excluding carboxylic acids is 1. The second-order valence-electron chi connectivity index (χ2n) is 5.32. The maximum atomic E-state index is 14.5. The Morgan fingerprint density at radius 1 is 1.25 bits per heavy atom. The van der Waals surface area contributed by atoms with Crippen molar-refractivity contribution in [2.24, 2.45) is 5.84 Å². The number of ether oxygens (including phenoxy) is 1. The van der Waals surface area contributed by atoms with Gasteiger partial charge in [-0.2, -0.15) is 18.3 Å². The summed E-state index contributed by atoms with van der Waals surface area (Å²) in [5.41, 5.74) is -0.0450. The van der Waals surface area contributed by atoms with Crippen LogP contribution in [0.4, 0.5) is 13.2 Å². The molecule has 2 aliphatic rings. The number of hydrazine groups is 2. The number of allylic oxidation sites excluding steroid dienone is 3. The van der Waals surface area contributed by atoms with Crippen molar-refractivity contribution < 1.29 is 22.7 Å². The quantitative estimate of drug-likeness (QED) is 0.511. The molecule has 1 aliphatic carbocycles.